The monoisotopic (exact) mass is 350 g/mol. The molecule has 4 rings (SSSR count). The molecule has 0 unspecified atom stereocenters. The lowest BCUT2D eigenvalue weighted by Gasteiger charge is -2.17. The van der Waals surface area contributed by atoms with Crippen LogP contribution in [0.3, 0.4) is 0 Å². The number of benzene rings is 1. The summed E-state index contributed by atoms with van der Waals surface area (Å²) in [6.07, 6.45) is 2.17. The first-order valence-electron chi connectivity index (χ1n) is 9.09. The first-order valence-corrected chi connectivity index (χ1v) is 9.09. The summed E-state index contributed by atoms with van der Waals surface area (Å²) in [4.78, 5) is 30.8. The molecule has 1 saturated heterocycles. The van der Waals surface area contributed by atoms with E-state index in [4.69, 9.17) is 0 Å². The van der Waals surface area contributed by atoms with Gasteiger partial charge in [-0.05, 0) is 43.7 Å². The molecule has 5 heteroatoms. The molecule has 1 aromatic carbocycles. The van der Waals surface area contributed by atoms with Gasteiger partial charge < -0.3 is 10.0 Å². The summed E-state index contributed by atoms with van der Waals surface area (Å²) in [5.41, 5.74) is 3.08. The Bertz CT molecular complexity index is 846. The second kappa shape index (κ2) is 6.56. The van der Waals surface area contributed by atoms with Crippen molar-refractivity contribution >= 4 is 11.9 Å². The number of hydrogen-bond donors (Lipinski definition) is 1. The number of nitrogens with zero attached hydrogens (tertiary/aromatic N) is 2. The van der Waals surface area contributed by atoms with E-state index in [0.29, 0.717) is 30.3 Å². The highest BCUT2D eigenvalue weighted by Gasteiger charge is 2.47. The summed E-state index contributed by atoms with van der Waals surface area (Å²) in [6.45, 7) is 2.68. The predicted octanol–water partition coefficient (Wildman–Crippen LogP) is 3.24. The molecule has 1 saturated carbocycles. The minimum atomic E-state index is -0.786. The second-order valence-corrected chi connectivity index (χ2v) is 7.35. The zero-order valence-electron chi connectivity index (χ0n) is 14.8. The lowest BCUT2D eigenvalue weighted by atomic mass is 9.92. The predicted molar refractivity (Wildman–Crippen MR) is 97.7 cm³/mol. The van der Waals surface area contributed by atoms with E-state index in [1.54, 1.807) is 4.90 Å². The Kier molecular flexibility index (Phi) is 4.23. The van der Waals surface area contributed by atoms with Gasteiger partial charge in [-0.3, -0.25) is 14.6 Å². The van der Waals surface area contributed by atoms with Crippen LogP contribution in [-0.4, -0.2) is 40.0 Å². The van der Waals surface area contributed by atoms with Crippen molar-refractivity contribution in [3.8, 4) is 11.3 Å². The summed E-state index contributed by atoms with van der Waals surface area (Å²) >= 11 is 0. The van der Waals surface area contributed by atoms with Crippen LogP contribution in [0.5, 0.6) is 0 Å². The fourth-order valence-corrected chi connectivity index (χ4v) is 3.99. The highest BCUT2D eigenvalue weighted by atomic mass is 16.4. The lowest BCUT2D eigenvalue weighted by molar-refractivity contribution is -0.142. The number of pyridine rings is 1. The molecule has 1 aliphatic carbocycles. The number of aryl methyl sites for hydroxylation is 1. The number of amides is 1. The smallest absolute Gasteiger partial charge is 0.308 e. The molecule has 1 amide bonds. The SMILES string of the molecule is Cc1nc(-c2ccccc2)ccc1C(=O)N1C[C@H](C(=O)O)[C@@H](C2CC2)C1. The Hall–Kier alpha value is -2.69. The number of hydrogen-bond acceptors (Lipinski definition) is 3. The third kappa shape index (κ3) is 3.09. The number of carbonyl (C=O) groups is 2. The van der Waals surface area contributed by atoms with Crippen molar-refractivity contribution in [3.05, 3.63) is 53.7 Å². The normalized spacial score (nSPS) is 22.4. The number of carboxylic acid groups (broad SMARTS) is 1. The molecule has 1 N–H and O–H groups in total. The molecule has 0 radical (unpaired) electrons. The van der Waals surface area contributed by atoms with E-state index < -0.39 is 11.9 Å². The summed E-state index contributed by atoms with van der Waals surface area (Å²) < 4.78 is 0. The van der Waals surface area contributed by atoms with Crippen LogP contribution in [0.25, 0.3) is 11.3 Å². The van der Waals surface area contributed by atoms with E-state index in [9.17, 15) is 14.7 Å². The highest BCUT2D eigenvalue weighted by molar-refractivity contribution is 5.96. The topological polar surface area (TPSA) is 70.5 Å². The standard InChI is InChI=1S/C21H22N2O3/c1-13-16(9-10-19(22-13)15-5-3-2-4-6-15)20(24)23-11-17(14-7-8-14)18(12-23)21(25)26/h2-6,9-10,14,17-18H,7-8,11-12H2,1H3,(H,25,26)/t17-,18+/m1/s1. The largest absolute Gasteiger partial charge is 0.481 e. The third-order valence-corrected chi connectivity index (χ3v) is 5.58. The van der Waals surface area contributed by atoms with Gasteiger partial charge in [-0.15, -0.1) is 0 Å². The fourth-order valence-electron chi connectivity index (χ4n) is 3.99. The van der Waals surface area contributed by atoms with Gasteiger partial charge in [0.25, 0.3) is 5.91 Å². The number of carbonyl (C=O) groups excluding carboxylic acids is 1. The maximum absolute atomic E-state index is 13.0. The number of rotatable bonds is 4. The van der Waals surface area contributed by atoms with Gasteiger partial charge in [0.1, 0.15) is 0 Å². The van der Waals surface area contributed by atoms with Gasteiger partial charge in [-0.2, -0.15) is 0 Å². The van der Waals surface area contributed by atoms with E-state index in [-0.39, 0.29) is 11.8 Å². The van der Waals surface area contributed by atoms with Gasteiger partial charge >= 0.3 is 5.97 Å². The van der Waals surface area contributed by atoms with Gasteiger partial charge in [0.2, 0.25) is 0 Å². The molecule has 2 heterocycles. The summed E-state index contributed by atoms with van der Waals surface area (Å²) in [5.74, 6) is -0.777. The highest BCUT2D eigenvalue weighted by Crippen LogP contribution is 2.44. The van der Waals surface area contributed by atoms with Crippen molar-refractivity contribution in [2.45, 2.75) is 19.8 Å². The molecule has 2 atom stereocenters. The number of carboxylic acids is 1. The second-order valence-electron chi connectivity index (χ2n) is 7.35. The molecule has 1 aromatic heterocycles. The molecular formula is C21H22N2O3. The maximum Gasteiger partial charge on any atom is 0.308 e. The average molecular weight is 350 g/mol. The van der Waals surface area contributed by atoms with Crippen LogP contribution < -0.4 is 0 Å². The summed E-state index contributed by atoms with van der Waals surface area (Å²) in [7, 11) is 0. The Labute approximate surface area is 152 Å². The molecule has 26 heavy (non-hydrogen) atoms. The Morgan fingerprint density at radius 2 is 1.81 bits per heavy atom. The molecule has 134 valence electrons. The lowest BCUT2D eigenvalue weighted by Crippen LogP contribution is -2.30. The van der Waals surface area contributed by atoms with Crippen molar-refractivity contribution < 1.29 is 14.7 Å². The van der Waals surface area contributed by atoms with Gasteiger partial charge in [0, 0.05) is 18.7 Å². The van der Waals surface area contributed by atoms with E-state index in [2.05, 4.69) is 4.98 Å². The number of aromatic nitrogens is 1. The summed E-state index contributed by atoms with van der Waals surface area (Å²) in [6, 6.07) is 13.5. The average Bonchev–Trinajstić information content (AvgIpc) is 3.39. The Morgan fingerprint density at radius 1 is 1.08 bits per heavy atom. The molecule has 0 bridgehead atoms. The quantitative estimate of drug-likeness (QED) is 0.919. The fraction of sp³-hybridized carbons (Fsp3) is 0.381. The van der Waals surface area contributed by atoms with Crippen molar-refractivity contribution in [2.24, 2.45) is 17.8 Å². The van der Waals surface area contributed by atoms with Gasteiger partial charge in [-0.25, -0.2) is 0 Å². The molecular weight excluding hydrogens is 328 g/mol. The minimum absolute atomic E-state index is 0.0910. The zero-order chi connectivity index (χ0) is 18.3. The van der Waals surface area contributed by atoms with Crippen LogP contribution in [0.15, 0.2) is 42.5 Å². The zero-order valence-corrected chi connectivity index (χ0v) is 14.8. The van der Waals surface area contributed by atoms with Gasteiger partial charge in [0.05, 0.1) is 22.9 Å². The van der Waals surface area contributed by atoms with Crippen LogP contribution in [0.2, 0.25) is 0 Å². The van der Waals surface area contributed by atoms with Gasteiger partial charge in [0.15, 0.2) is 0 Å². The first kappa shape index (κ1) is 16.8. The Morgan fingerprint density at radius 3 is 2.42 bits per heavy atom. The van der Waals surface area contributed by atoms with Crippen LogP contribution in [0, 0.1) is 24.7 Å². The molecule has 2 fully saturated rings. The van der Waals surface area contributed by atoms with Gasteiger partial charge in [-0.1, -0.05) is 30.3 Å². The van der Waals surface area contributed by atoms with Crippen LogP contribution >= 0.6 is 0 Å². The van der Waals surface area contributed by atoms with E-state index in [0.717, 1.165) is 24.1 Å². The molecule has 0 spiro atoms. The number of aliphatic carboxylic acids is 1. The summed E-state index contributed by atoms with van der Waals surface area (Å²) in [5, 5.41) is 9.50. The van der Waals surface area contributed by atoms with Crippen LogP contribution in [0.4, 0.5) is 0 Å². The maximum atomic E-state index is 13.0. The van der Waals surface area contributed by atoms with E-state index >= 15 is 0 Å². The van der Waals surface area contributed by atoms with E-state index in [1.807, 2.05) is 49.4 Å². The molecule has 5 nitrogen and oxygen atoms in total. The molecule has 2 aromatic rings. The first-order chi connectivity index (χ1) is 12.5. The van der Waals surface area contributed by atoms with E-state index in [1.165, 1.54) is 0 Å². The van der Waals surface area contributed by atoms with Crippen molar-refractivity contribution in [1.82, 2.24) is 9.88 Å². The number of likely N-dealkylation sites (tertiary alicyclic amines) is 1. The van der Waals surface area contributed by atoms with Crippen LogP contribution in [-0.2, 0) is 4.79 Å². The minimum Gasteiger partial charge on any atom is -0.481 e. The van der Waals surface area contributed by atoms with Crippen molar-refractivity contribution in [1.29, 1.82) is 0 Å². The van der Waals surface area contributed by atoms with Crippen LogP contribution in [0.1, 0.15) is 28.9 Å². The third-order valence-electron chi connectivity index (χ3n) is 5.58. The Balaban J connectivity index is 1.56. The van der Waals surface area contributed by atoms with Crippen molar-refractivity contribution in [2.75, 3.05) is 13.1 Å². The van der Waals surface area contributed by atoms with Crippen molar-refractivity contribution in [3.63, 3.8) is 0 Å². The molecule has 1 aliphatic heterocycles. The molecule has 2 aliphatic rings.